The van der Waals surface area contributed by atoms with Crippen molar-refractivity contribution in [2.45, 2.75) is 83.5 Å². The molecule has 0 unspecified atom stereocenters. The summed E-state index contributed by atoms with van der Waals surface area (Å²) in [5, 5.41) is 21.8. The second kappa shape index (κ2) is 8.17. The van der Waals surface area contributed by atoms with Gasteiger partial charge in [-0.15, -0.1) is 0 Å². The highest BCUT2D eigenvalue weighted by atomic mass is 16.4. The molecule has 1 heterocycles. The van der Waals surface area contributed by atoms with Crippen LogP contribution in [-0.4, -0.2) is 57.1 Å². The number of likely N-dealkylation sites (tertiary alicyclic amines) is 1. The number of aliphatic carboxylic acids is 2. The lowest BCUT2D eigenvalue weighted by atomic mass is 9.84. The Morgan fingerprint density at radius 1 is 1.12 bits per heavy atom. The van der Waals surface area contributed by atoms with Crippen LogP contribution in [-0.2, 0) is 14.4 Å². The number of carboxylic acid groups (broad SMARTS) is 2. The summed E-state index contributed by atoms with van der Waals surface area (Å²) in [5.74, 6) is -1.82. The highest BCUT2D eigenvalue weighted by Gasteiger charge is 2.48. The Balaban J connectivity index is 2.12. The lowest BCUT2D eigenvalue weighted by Gasteiger charge is -2.35. The van der Waals surface area contributed by atoms with E-state index in [0.29, 0.717) is 12.8 Å². The van der Waals surface area contributed by atoms with Gasteiger partial charge in [-0.2, -0.15) is 0 Å². The van der Waals surface area contributed by atoms with E-state index in [1.54, 1.807) is 6.92 Å². The molecule has 1 aliphatic heterocycles. The third-order valence-corrected chi connectivity index (χ3v) is 5.45. The molecule has 2 aliphatic rings. The van der Waals surface area contributed by atoms with Gasteiger partial charge in [-0.05, 0) is 44.4 Å². The Bertz CT molecular complexity index is 522. The van der Waals surface area contributed by atoms with E-state index in [1.807, 2.05) is 13.8 Å². The van der Waals surface area contributed by atoms with Crippen molar-refractivity contribution < 1.29 is 24.6 Å². The molecule has 25 heavy (non-hydrogen) atoms. The van der Waals surface area contributed by atoms with Crippen LogP contribution in [0.5, 0.6) is 0 Å². The Kier molecular flexibility index (Phi) is 6.43. The molecule has 0 radical (unpaired) electrons. The minimum Gasteiger partial charge on any atom is -0.480 e. The fraction of sp³-hybridized carbons (Fsp3) is 0.833. The molecule has 0 bridgehead atoms. The average molecular weight is 354 g/mol. The second-order valence-corrected chi connectivity index (χ2v) is 7.86. The third-order valence-electron chi connectivity index (χ3n) is 5.45. The number of rotatable bonds is 7. The van der Waals surface area contributed by atoms with Crippen LogP contribution in [0.15, 0.2) is 0 Å². The van der Waals surface area contributed by atoms with E-state index in [1.165, 1.54) is 4.90 Å². The van der Waals surface area contributed by atoms with E-state index in [-0.39, 0.29) is 23.8 Å². The van der Waals surface area contributed by atoms with Crippen molar-refractivity contribution in [3.63, 3.8) is 0 Å². The molecule has 0 aromatic heterocycles. The van der Waals surface area contributed by atoms with Gasteiger partial charge < -0.3 is 15.1 Å². The van der Waals surface area contributed by atoms with Gasteiger partial charge in [-0.25, -0.2) is 4.79 Å². The van der Waals surface area contributed by atoms with E-state index < -0.39 is 30.1 Å². The number of hydrogen-bond acceptors (Lipinski definition) is 4. The third kappa shape index (κ3) is 4.51. The fourth-order valence-electron chi connectivity index (χ4n) is 4.31. The van der Waals surface area contributed by atoms with Crippen LogP contribution in [0, 0.1) is 11.8 Å². The number of carboxylic acids is 2. The number of nitrogens with zero attached hydrogens (tertiary/aromatic N) is 1. The molecule has 7 nitrogen and oxygen atoms in total. The van der Waals surface area contributed by atoms with Gasteiger partial charge in [0, 0.05) is 6.04 Å². The zero-order chi connectivity index (χ0) is 18.7. The topological polar surface area (TPSA) is 107 Å². The summed E-state index contributed by atoms with van der Waals surface area (Å²) in [5.41, 5.74) is 0. The Morgan fingerprint density at radius 2 is 1.76 bits per heavy atom. The monoisotopic (exact) mass is 354 g/mol. The van der Waals surface area contributed by atoms with Crippen molar-refractivity contribution in [1.29, 1.82) is 0 Å². The van der Waals surface area contributed by atoms with Gasteiger partial charge in [-0.1, -0.05) is 26.7 Å². The van der Waals surface area contributed by atoms with Gasteiger partial charge in [-0.3, -0.25) is 14.9 Å². The summed E-state index contributed by atoms with van der Waals surface area (Å²) >= 11 is 0. The SMILES string of the molecule is CC(C)C[C@H](N[C@@H](C)C(=O)N1[C@H](C(=O)O)C[C@H]2CCCC[C@@H]21)C(=O)O. The van der Waals surface area contributed by atoms with Crippen molar-refractivity contribution >= 4 is 17.8 Å². The molecule has 1 saturated heterocycles. The molecule has 3 N–H and O–H groups in total. The number of carbonyl (C=O) groups is 3. The maximum atomic E-state index is 13.0. The summed E-state index contributed by atoms with van der Waals surface area (Å²) in [7, 11) is 0. The van der Waals surface area contributed by atoms with Crippen LogP contribution in [0.3, 0.4) is 0 Å². The van der Waals surface area contributed by atoms with Crippen LogP contribution in [0.2, 0.25) is 0 Å². The van der Waals surface area contributed by atoms with Crippen molar-refractivity contribution in [2.75, 3.05) is 0 Å². The van der Waals surface area contributed by atoms with Crippen molar-refractivity contribution in [1.82, 2.24) is 10.2 Å². The summed E-state index contributed by atoms with van der Waals surface area (Å²) in [4.78, 5) is 37.6. The first-order valence-electron chi connectivity index (χ1n) is 9.26. The Labute approximate surface area is 148 Å². The number of carbonyl (C=O) groups excluding carboxylic acids is 1. The van der Waals surface area contributed by atoms with E-state index in [2.05, 4.69) is 5.32 Å². The molecule has 1 amide bonds. The van der Waals surface area contributed by atoms with Gasteiger partial charge in [0.05, 0.1) is 6.04 Å². The zero-order valence-corrected chi connectivity index (χ0v) is 15.3. The summed E-state index contributed by atoms with van der Waals surface area (Å²) in [6.45, 7) is 5.49. The molecule has 0 spiro atoms. The van der Waals surface area contributed by atoms with Gasteiger partial charge in [0.2, 0.25) is 5.91 Å². The molecule has 7 heteroatoms. The molecule has 1 aliphatic carbocycles. The van der Waals surface area contributed by atoms with Gasteiger partial charge >= 0.3 is 11.9 Å². The van der Waals surface area contributed by atoms with Gasteiger partial charge in [0.25, 0.3) is 0 Å². The van der Waals surface area contributed by atoms with E-state index in [0.717, 1.165) is 25.7 Å². The second-order valence-electron chi connectivity index (χ2n) is 7.86. The van der Waals surface area contributed by atoms with Crippen LogP contribution >= 0.6 is 0 Å². The highest BCUT2D eigenvalue weighted by Crippen LogP contribution is 2.40. The molecule has 0 aromatic carbocycles. The first kappa shape index (κ1) is 19.7. The van der Waals surface area contributed by atoms with Crippen LogP contribution < -0.4 is 5.32 Å². The van der Waals surface area contributed by atoms with Crippen LogP contribution in [0.25, 0.3) is 0 Å². The lowest BCUT2D eigenvalue weighted by Crippen LogP contribution is -2.55. The zero-order valence-electron chi connectivity index (χ0n) is 15.3. The lowest BCUT2D eigenvalue weighted by molar-refractivity contribution is -0.151. The van der Waals surface area contributed by atoms with Crippen molar-refractivity contribution in [3.8, 4) is 0 Å². The molecule has 1 saturated carbocycles. The number of hydrogen-bond donors (Lipinski definition) is 3. The minimum absolute atomic E-state index is 0.0278. The summed E-state index contributed by atoms with van der Waals surface area (Å²) in [6, 6.07) is -2.35. The highest BCUT2D eigenvalue weighted by molar-refractivity contribution is 5.88. The molecule has 0 aromatic rings. The Hall–Kier alpha value is -1.63. The number of fused-ring (bicyclic) bond motifs is 1. The minimum atomic E-state index is -0.986. The molecular weight excluding hydrogens is 324 g/mol. The first-order chi connectivity index (χ1) is 11.7. The molecule has 5 atom stereocenters. The normalized spacial score (nSPS) is 28.5. The molecule has 2 rings (SSSR count). The maximum Gasteiger partial charge on any atom is 0.326 e. The smallest absolute Gasteiger partial charge is 0.326 e. The fourth-order valence-corrected chi connectivity index (χ4v) is 4.31. The first-order valence-corrected chi connectivity index (χ1v) is 9.26. The predicted octanol–water partition coefficient (Wildman–Crippen LogP) is 1.71. The molecule has 142 valence electrons. The van der Waals surface area contributed by atoms with Crippen LogP contribution in [0.4, 0.5) is 0 Å². The van der Waals surface area contributed by atoms with Crippen LogP contribution in [0.1, 0.15) is 59.3 Å². The average Bonchev–Trinajstić information content (AvgIpc) is 2.92. The van der Waals surface area contributed by atoms with Crippen molar-refractivity contribution in [2.24, 2.45) is 11.8 Å². The van der Waals surface area contributed by atoms with Gasteiger partial charge in [0.15, 0.2) is 0 Å². The maximum absolute atomic E-state index is 13.0. The van der Waals surface area contributed by atoms with E-state index >= 15 is 0 Å². The summed E-state index contributed by atoms with van der Waals surface area (Å²) < 4.78 is 0. The Morgan fingerprint density at radius 3 is 2.32 bits per heavy atom. The molecular formula is C18H30N2O5. The van der Waals surface area contributed by atoms with E-state index in [9.17, 15) is 24.6 Å². The standard InChI is InChI=1S/C18H30N2O5/c1-10(2)8-13(17(22)23)19-11(3)16(21)20-14-7-5-4-6-12(14)9-15(20)18(24)25/h10-15,19H,4-9H2,1-3H3,(H,22,23)(H,24,25)/t11-,12+,13-,14-,15-/m0/s1. The number of nitrogens with one attached hydrogen (secondary N) is 1. The van der Waals surface area contributed by atoms with Crippen molar-refractivity contribution in [3.05, 3.63) is 0 Å². The van der Waals surface area contributed by atoms with Gasteiger partial charge in [0.1, 0.15) is 12.1 Å². The van der Waals surface area contributed by atoms with E-state index in [4.69, 9.17) is 0 Å². The predicted molar refractivity (Wildman–Crippen MR) is 92.1 cm³/mol. The quantitative estimate of drug-likeness (QED) is 0.642. The summed E-state index contributed by atoms with van der Waals surface area (Å²) in [6.07, 6.45) is 4.81. The molecule has 2 fully saturated rings. The largest absolute Gasteiger partial charge is 0.480 e. The number of amides is 1.